The number of nitrogens with zero attached hydrogens (tertiary/aromatic N) is 5. The van der Waals surface area contributed by atoms with Crippen molar-refractivity contribution < 1.29 is 4.79 Å². The number of rotatable bonds is 5. The SMILES string of the molecule is Cc1ccc(-n2nccn2)c(C(=O)N2CC3CC3C2CSc2nc3ccccc3[nH]2)c1. The van der Waals surface area contributed by atoms with Crippen LogP contribution in [0, 0.1) is 18.8 Å². The first-order valence-electron chi connectivity index (χ1n) is 10.5. The monoisotopic (exact) mass is 430 g/mol. The number of aromatic amines is 1. The van der Waals surface area contributed by atoms with Gasteiger partial charge in [0.15, 0.2) is 5.16 Å². The predicted octanol–water partition coefficient (Wildman–Crippen LogP) is 3.70. The number of likely N-dealkylation sites (tertiary alicyclic amines) is 1. The molecule has 2 aromatic heterocycles. The highest BCUT2D eigenvalue weighted by Crippen LogP contribution is 2.51. The molecule has 3 heterocycles. The van der Waals surface area contributed by atoms with Crippen LogP contribution in [0.2, 0.25) is 0 Å². The number of piperidine rings is 1. The predicted molar refractivity (Wildman–Crippen MR) is 119 cm³/mol. The van der Waals surface area contributed by atoms with Crippen molar-refractivity contribution in [2.45, 2.75) is 24.5 Å². The standard InChI is InChI=1S/C23H22N6OS/c1-14-6-7-20(29-24-8-9-25-29)17(10-14)22(30)28-12-15-11-16(15)21(28)13-31-23-26-18-4-2-3-5-19(18)27-23/h2-10,15-16,21H,11-13H2,1H3,(H,26,27). The number of H-pyrrole nitrogens is 1. The lowest BCUT2D eigenvalue weighted by molar-refractivity contribution is 0.0722. The van der Waals surface area contributed by atoms with Gasteiger partial charge in [0.1, 0.15) is 0 Å². The van der Waals surface area contributed by atoms with Crippen LogP contribution in [0.5, 0.6) is 0 Å². The van der Waals surface area contributed by atoms with Crippen LogP contribution >= 0.6 is 11.8 Å². The van der Waals surface area contributed by atoms with Gasteiger partial charge in [-0.25, -0.2) is 4.98 Å². The normalized spacial score (nSPS) is 22.1. The minimum Gasteiger partial charge on any atom is -0.334 e. The quantitative estimate of drug-likeness (QED) is 0.488. The first kappa shape index (κ1) is 18.6. The van der Waals surface area contributed by atoms with E-state index in [-0.39, 0.29) is 11.9 Å². The van der Waals surface area contributed by atoms with E-state index in [1.807, 2.05) is 49.4 Å². The number of aryl methyl sites for hydroxylation is 1. The molecule has 1 amide bonds. The molecule has 0 radical (unpaired) electrons. The van der Waals surface area contributed by atoms with Gasteiger partial charge in [0.05, 0.1) is 34.7 Å². The fourth-order valence-electron chi connectivity index (χ4n) is 4.67. The molecule has 1 aliphatic carbocycles. The van der Waals surface area contributed by atoms with Crippen LogP contribution < -0.4 is 0 Å². The first-order chi connectivity index (χ1) is 15.2. The number of para-hydroxylation sites is 2. The van der Waals surface area contributed by atoms with Gasteiger partial charge in [-0.3, -0.25) is 4.79 Å². The molecule has 1 aliphatic heterocycles. The number of amides is 1. The molecule has 0 bridgehead atoms. The fourth-order valence-corrected chi connectivity index (χ4v) is 5.77. The summed E-state index contributed by atoms with van der Waals surface area (Å²) in [7, 11) is 0. The number of hydrogen-bond acceptors (Lipinski definition) is 5. The number of imidazole rings is 1. The smallest absolute Gasteiger partial charge is 0.256 e. The van der Waals surface area contributed by atoms with Crippen molar-refractivity contribution in [2.75, 3.05) is 12.3 Å². The molecule has 4 aromatic rings. The summed E-state index contributed by atoms with van der Waals surface area (Å²) in [5.41, 5.74) is 4.47. The number of fused-ring (bicyclic) bond motifs is 2. The molecule has 7 nitrogen and oxygen atoms in total. The number of nitrogens with one attached hydrogen (secondary N) is 1. The van der Waals surface area contributed by atoms with Crippen molar-refractivity contribution in [1.29, 1.82) is 0 Å². The molecule has 3 unspecified atom stereocenters. The van der Waals surface area contributed by atoms with Gasteiger partial charge < -0.3 is 9.88 Å². The number of benzene rings is 2. The third-order valence-electron chi connectivity index (χ3n) is 6.34. The summed E-state index contributed by atoms with van der Waals surface area (Å²) >= 11 is 1.70. The Balaban J connectivity index is 1.26. The average Bonchev–Trinajstić information content (AvgIpc) is 3.17. The highest BCUT2D eigenvalue weighted by atomic mass is 32.2. The largest absolute Gasteiger partial charge is 0.334 e. The maximum Gasteiger partial charge on any atom is 0.256 e. The Morgan fingerprint density at radius 1 is 1.19 bits per heavy atom. The van der Waals surface area contributed by atoms with Gasteiger partial charge in [0, 0.05) is 18.3 Å². The lowest BCUT2D eigenvalue weighted by Crippen LogP contribution is -2.40. The average molecular weight is 431 g/mol. The van der Waals surface area contributed by atoms with Crippen LogP contribution in [0.3, 0.4) is 0 Å². The first-order valence-corrected chi connectivity index (χ1v) is 11.5. The zero-order chi connectivity index (χ0) is 20.9. The summed E-state index contributed by atoms with van der Waals surface area (Å²) in [5, 5.41) is 9.40. The van der Waals surface area contributed by atoms with E-state index in [0.717, 1.165) is 39.7 Å². The summed E-state index contributed by atoms with van der Waals surface area (Å²) in [5.74, 6) is 2.13. The molecule has 2 aliphatic rings. The summed E-state index contributed by atoms with van der Waals surface area (Å²) in [6.45, 7) is 2.84. The van der Waals surface area contributed by atoms with Crippen LogP contribution in [-0.4, -0.2) is 54.1 Å². The van der Waals surface area contributed by atoms with Crippen molar-refractivity contribution in [3.63, 3.8) is 0 Å². The van der Waals surface area contributed by atoms with Gasteiger partial charge in [-0.15, -0.1) is 0 Å². The minimum absolute atomic E-state index is 0.0680. The Labute approximate surface area is 183 Å². The van der Waals surface area contributed by atoms with Gasteiger partial charge >= 0.3 is 0 Å². The van der Waals surface area contributed by atoms with Crippen molar-refractivity contribution in [3.05, 3.63) is 66.0 Å². The van der Waals surface area contributed by atoms with Gasteiger partial charge in [0.25, 0.3) is 5.91 Å². The lowest BCUT2D eigenvalue weighted by atomic mass is 10.1. The summed E-state index contributed by atoms with van der Waals surface area (Å²) in [4.78, 5) is 25.3. The molecule has 1 saturated carbocycles. The summed E-state index contributed by atoms with van der Waals surface area (Å²) in [6.07, 6.45) is 4.48. The Morgan fingerprint density at radius 3 is 2.87 bits per heavy atom. The molecule has 31 heavy (non-hydrogen) atoms. The molecule has 1 saturated heterocycles. The minimum atomic E-state index is 0.0680. The van der Waals surface area contributed by atoms with Crippen LogP contribution in [0.1, 0.15) is 22.3 Å². The zero-order valence-corrected chi connectivity index (χ0v) is 17.9. The second-order valence-electron chi connectivity index (χ2n) is 8.39. The van der Waals surface area contributed by atoms with Crippen molar-refractivity contribution >= 4 is 28.7 Å². The van der Waals surface area contributed by atoms with Crippen molar-refractivity contribution in [3.8, 4) is 5.69 Å². The zero-order valence-electron chi connectivity index (χ0n) is 17.1. The Morgan fingerprint density at radius 2 is 2.03 bits per heavy atom. The molecule has 6 rings (SSSR count). The van der Waals surface area contributed by atoms with Gasteiger partial charge in [0.2, 0.25) is 0 Å². The Kier molecular flexibility index (Phi) is 4.34. The van der Waals surface area contributed by atoms with Crippen LogP contribution in [0.25, 0.3) is 16.7 Å². The van der Waals surface area contributed by atoms with Gasteiger partial charge in [-0.2, -0.15) is 15.0 Å². The van der Waals surface area contributed by atoms with Crippen LogP contribution in [-0.2, 0) is 0 Å². The number of thioether (sulfide) groups is 1. The van der Waals surface area contributed by atoms with E-state index < -0.39 is 0 Å². The second-order valence-corrected chi connectivity index (χ2v) is 9.40. The molecule has 2 aromatic carbocycles. The molecular formula is C23H22N6OS. The van der Waals surface area contributed by atoms with Crippen molar-refractivity contribution in [1.82, 2.24) is 29.9 Å². The van der Waals surface area contributed by atoms with E-state index in [2.05, 4.69) is 25.1 Å². The highest BCUT2D eigenvalue weighted by Gasteiger charge is 2.54. The topological polar surface area (TPSA) is 79.7 Å². The Bertz CT molecular complexity index is 1230. The Hall–Kier alpha value is -3.13. The fraction of sp³-hybridized carbons (Fsp3) is 0.304. The second kappa shape index (κ2) is 7.23. The third kappa shape index (κ3) is 3.31. The number of hydrogen-bond donors (Lipinski definition) is 1. The third-order valence-corrected chi connectivity index (χ3v) is 7.31. The van der Waals surface area contributed by atoms with Gasteiger partial charge in [-0.1, -0.05) is 35.5 Å². The van der Waals surface area contributed by atoms with E-state index in [1.54, 1.807) is 24.2 Å². The van der Waals surface area contributed by atoms with E-state index in [4.69, 9.17) is 0 Å². The molecule has 1 N–H and O–H groups in total. The summed E-state index contributed by atoms with van der Waals surface area (Å²) in [6, 6.07) is 14.2. The maximum absolute atomic E-state index is 13.7. The van der Waals surface area contributed by atoms with Crippen LogP contribution in [0.15, 0.2) is 60.0 Å². The molecule has 156 valence electrons. The maximum atomic E-state index is 13.7. The molecule has 8 heteroatoms. The van der Waals surface area contributed by atoms with E-state index in [0.29, 0.717) is 17.4 Å². The van der Waals surface area contributed by atoms with Crippen LogP contribution in [0.4, 0.5) is 0 Å². The molecule has 0 spiro atoms. The summed E-state index contributed by atoms with van der Waals surface area (Å²) < 4.78 is 0. The number of carbonyl (C=O) groups is 1. The highest BCUT2D eigenvalue weighted by molar-refractivity contribution is 7.99. The lowest BCUT2D eigenvalue weighted by Gasteiger charge is -2.28. The van der Waals surface area contributed by atoms with Crippen molar-refractivity contribution in [2.24, 2.45) is 11.8 Å². The molecule has 3 atom stereocenters. The number of aromatic nitrogens is 5. The van der Waals surface area contributed by atoms with E-state index in [9.17, 15) is 4.79 Å². The molecule has 2 fully saturated rings. The number of carbonyl (C=O) groups excluding carboxylic acids is 1. The van der Waals surface area contributed by atoms with E-state index >= 15 is 0 Å². The van der Waals surface area contributed by atoms with Gasteiger partial charge in [-0.05, 0) is 49.4 Å². The molecular weight excluding hydrogens is 408 g/mol. The van der Waals surface area contributed by atoms with E-state index in [1.165, 1.54) is 11.2 Å².